The number of nitrogens with zero attached hydrogens (tertiary/aromatic N) is 1. The van der Waals surface area contributed by atoms with Crippen molar-refractivity contribution in [3.8, 4) is 0 Å². The summed E-state index contributed by atoms with van der Waals surface area (Å²) in [6.07, 6.45) is 6.72. The van der Waals surface area contributed by atoms with E-state index in [0.717, 1.165) is 11.8 Å². The first kappa shape index (κ1) is 9.17. The molecule has 0 unspecified atom stereocenters. The van der Waals surface area contributed by atoms with Gasteiger partial charge >= 0.3 is 0 Å². The van der Waals surface area contributed by atoms with Crippen molar-refractivity contribution < 1.29 is 4.74 Å². The zero-order valence-electron chi connectivity index (χ0n) is 9.11. The monoisotopic (exact) mass is 195 g/mol. The van der Waals surface area contributed by atoms with Crippen LogP contribution in [0.4, 0.5) is 0 Å². The molecule has 0 amide bonds. The standard InChI is InChI=1S/C12H21NO/c1-9-6-11-4-5-13(7-10-2-3-10)8-12(11)14-9/h9-12H,2-8H2,1H3/t9-,11-,12+/m1/s1. The molecule has 0 aromatic heterocycles. The Kier molecular flexibility index (Phi) is 2.29. The van der Waals surface area contributed by atoms with E-state index in [-0.39, 0.29) is 0 Å². The SMILES string of the molecule is C[C@@H]1C[C@H]2CCN(CC3CC3)C[C@@H]2O1. The van der Waals surface area contributed by atoms with Crippen LogP contribution in [0.15, 0.2) is 0 Å². The number of hydrogen-bond acceptors (Lipinski definition) is 2. The highest BCUT2D eigenvalue weighted by Crippen LogP contribution is 2.35. The van der Waals surface area contributed by atoms with E-state index in [4.69, 9.17) is 4.74 Å². The third kappa shape index (κ3) is 1.82. The number of piperidine rings is 1. The largest absolute Gasteiger partial charge is 0.374 e. The molecule has 0 aromatic carbocycles. The highest BCUT2D eigenvalue weighted by atomic mass is 16.5. The van der Waals surface area contributed by atoms with Crippen molar-refractivity contribution in [3.05, 3.63) is 0 Å². The lowest BCUT2D eigenvalue weighted by Crippen LogP contribution is -2.43. The van der Waals surface area contributed by atoms with Crippen LogP contribution in [0.1, 0.15) is 32.6 Å². The first-order chi connectivity index (χ1) is 6.81. The lowest BCUT2D eigenvalue weighted by molar-refractivity contribution is -0.00165. The Morgan fingerprint density at radius 3 is 2.93 bits per heavy atom. The summed E-state index contributed by atoms with van der Waals surface area (Å²) in [7, 11) is 0. The Morgan fingerprint density at radius 1 is 1.29 bits per heavy atom. The second-order valence-corrected chi connectivity index (χ2v) is 5.47. The Labute approximate surface area is 86.6 Å². The topological polar surface area (TPSA) is 12.5 Å². The summed E-state index contributed by atoms with van der Waals surface area (Å²) < 4.78 is 5.96. The van der Waals surface area contributed by atoms with Crippen LogP contribution in [0.25, 0.3) is 0 Å². The molecule has 0 radical (unpaired) electrons. The molecule has 2 saturated heterocycles. The average molecular weight is 195 g/mol. The molecule has 2 heteroatoms. The predicted molar refractivity (Wildman–Crippen MR) is 56.2 cm³/mol. The number of likely N-dealkylation sites (tertiary alicyclic amines) is 1. The number of rotatable bonds is 2. The molecule has 3 rings (SSSR count). The van der Waals surface area contributed by atoms with E-state index in [9.17, 15) is 0 Å². The van der Waals surface area contributed by atoms with Crippen LogP contribution >= 0.6 is 0 Å². The van der Waals surface area contributed by atoms with Crippen molar-refractivity contribution in [1.82, 2.24) is 4.90 Å². The molecule has 0 aromatic rings. The summed E-state index contributed by atoms with van der Waals surface area (Å²) in [5.74, 6) is 1.91. The van der Waals surface area contributed by atoms with E-state index in [1.54, 1.807) is 0 Å². The van der Waals surface area contributed by atoms with Gasteiger partial charge in [0.05, 0.1) is 12.2 Å². The highest BCUT2D eigenvalue weighted by molar-refractivity contribution is 4.89. The zero-order valence-corrected chi connectivity index (χ0v) is 9.11. The lowest BCUT2D eigenvalue weighted by atomic mass is 9.92. The summed E-state index contributed by atoms with van der Waals surface area (Å²) in [5, 5.41) is 0. The summed E-state index contributed by atoms with van der Waals surface area (Å²) in [6.45, 7) is 6.11. The average Bonchev–Trinajstić information content (AvgIpc) is 2.86. The number of hydrogen-bond donors (Lipinski definition) is 0. The van der Waals surface area contributed by atoms with Gasteiger partial charge in [-0.25, -0.2) is 0 Å². The number of ether oxygens (including phenoxy) is 1. The molecule has 3 atom stereocenters. The van der Waals surface area contributed by atoms with Crippen molar-refractivity contribution in [3.63, 3.8) is 0 Å². The van der Waals surface area contributed by atoms with Crippen LogP contribution in [0, 0.1) is 11.8 Å². The van der Waals surface area contributed by atoms with Gasteiger partial charge in [0.1, 0.15) is 0 Å². The molecule has 3 aliphatic rings. The molecule has 0 bridgehead atoms. The molecule has 0 spiro atoms. The fraction of sp³-hybridized carbons (Fsp3) is 1.00. The highest BCUT2D eigenvalue weighted by Gasteiger charge is 2.38. The first-order valence-electron chi connectivity index (χ1n) is 6.19. The van der Waals surface area contributed by atoms with E-state index in [2.05, 4.69) is 11.8 Å². The lowest BCUT2D eigenvalue weighted by Gasteiger charge is -2.34. The van der Waals surface area contributed by atoms with Gasteiger partial charge in [-0.05, 0) is 51.0 Å². The van der Waals surface area contributed by atoms with Crippen LogP contribution in [0.5, 0.6) is 0 Å². The predicted octanol–water partition coefficient (Wildman–Crippen LogP) is 1.90. The molecular weight excluding hydrogens is 174 g/mol. The molecule has 0 N–H and O–H groups in total. The molecule has 2 nitrogen and oxygen atoms in total. The molecule has 14 heavy (non-hydrogen) atoms. The van der Waals surface area contributed by atoms with E-state index >= 15 is 0 Å². The van der Waals surface area contributed by atoms with Gasteiger partial charge in [-0.3, -0.25) is 0 Å². The normalized spacial score (nSPS) is 43.9. The van der Waals surface area contributed by atoms with Crippen LogP contribution in [-0.4, -0.2) is 36.7 Å². The minimum atomic E-state index is 0.519. The molecule has 3 fully saturated rings. The quantitative estimate of drug-likeness (QED) is 0.667. The maximum absolute atomic E-state index is 5.96. The van der Waals surface area contributed by atoms with Crippen molar-refractivity contribution in [2.75, 3.05) is 19.6 Å². The first-order valence-corrected chi connectivity index (χ1v) is 6.19. The van der Waals surface area contributed by atoms with E-state index in [0.29, 0.717) is 12.2 Å². The van der Waals surface area contributed by atoms with Gasteiger partial charge in [-0.2, -0.15) is 0 Å². The third-order valence-electron chi connectivity index (χ3n) is 4.04. The van der Waals surface area contributed by atoms with Crippen molar-refractivity contribution in [2.45, 2.75) is 44.8 Å². The minimum Gasteiger partial charge on any atom is -0.374 e. The minimum absolute atomic E-state index is 0.519. The summed E-state index contributed by atoms with van der Waals surface area (Å²) in [5.41, 5.74) is 0. The molecule has 2 heterocycles. The van der Waals surface area contributed by atoms with Gasteiger partial charge in [0, 0.05) is 13.1 Å². The van der Waals surface area contributed by atoms with Crippen LogP contribution in [0.3, 0.4) is 0 Å². The Hall–Kier alpha value is -0.0800. The summed E-state index contributed by atoms with van der Waals surface area (Å²) in [4.78, 5) is 2.64. The van der Waals surface area contributed by atoms with E-state index in [1.165, 1.54) is 45.3 Å². The third-order valence-corrected chi connectivity index (χ3v) is 4.04. The van der Waals surface area contributed by atoms with Gasteiger partial charge in [0.2, 0.25) is 0 Å². The second kappa shape index (κ2) is 3.49. The van der Waals surface area contributed by atoms with Crippen LogP contribution in [0.2, 0.25) is 0 Å². The molecule has 80 valence electrons. The Morgan fingerprint density at radius 2 is 2.14 bits per heavy atom. The maximum atomic E-state index is 5.96. The second-order valence-electron chi connectivity index (χ2n) is 5.47. The number of fused-ring (bicyclic) bond motifs is 1. The van der Waals surface area contributed by atoms with Gasteiger partial charge in [-0.15, -0.1) is 0 Å². The van der Waals surface area contributed by atoms with Crippen LogP contribution in [-0.2, 0) is 4.74 Å². The summed E-state index contributed by atoms with van der Waals surface area (Å²) in [6, 6.07) is 0. The molecule has 2 aliphatic heterocycles. The Bertz CT molecular complexity index is 214. The van der Waals surface area contributed by atoms with Gasteiger partial charge < -0.3 is 9.64 Å². The molecule has 1 aliphatic carbocycles. The van der Waals surface area contributed by atoms with Crippen molar-refractivity contribution in [2.24, 2.45) is 11.8 Å². The van der Waals surface area contributed by atoms with Crippen molar-refractivity contribution >= 4 is 0 Å². The van der Waals surface area contributed by atoms with E-state index < -0.39 is 0 Å². The smallest absolute Gasteiger partial charge is 0.0735 e. The molecule has 1 saturated carbocycles. The van der Waals surface area contributed by atoms with Crippen LogP contribution < -0.4 is 0 Å². The maximum Gasteiger partial charge on any atom is 0.0735 e. The van der Waals surface area contributed by atoms with Gasteiger partial charge in [-0.1, -0.05) is 0 Å². The van der Waals surface area contributed by atoms with E-state index in [1.807, 2.05) is 0 Å². The summed E-state index contributed by atoms with van der Waals surface area (Å²) >= 11 is 0. The fourth-order valence-electron chi connectivity index (χ4n) is 3.06. The zero-order chi connectivity index (χ0) is 9.54. The van der Waals surface area contributed by atoms with Gasteiger partial charge in [0.15, 0.2) is 0 Å². The molecular formula is C12H21NO. The Balaban J connectivity index is 1.55. The van der Waals surface area contributed by atoms with Crippen molar-refractivity contribution in [1.29, 1.82) is 0 Å². The fourth-order valence-corrected chi connectivity index (χ4v) is 3.06. The van der Waals surface area contributed by atoms with Gasteiger partial charge in [0.25, 0.3) is 0 Å².